The van der Waals surface area contributed by atoms with Gasteiger partial charge < -0.3 is 9.84 Å². The predicted octanol–water partition coefficient (Wildman–Crippen LogP) is 1.35. The summed E-state index contributed by atoms with van der Waals surface area (Å²) in [6.45, 7) is 0. The molecule has 1 aromatic rings. The quantitative estimate of drug-likeness (QED) is 0.499. The minimum Gasteiger partial charge on any atom is -0.505 e. The van der Waals surface area contributed by atoms with Gasteiger partial charge >= 0.3 is 5.97 Å². The number of carbonyl (C=O) groups is 1. The molecule has 0 radical (unpaired) electrons. The van der Waals surface area contributed by atoms with Gasteiger partial charge in [0.15, 0.2) is 5.75 Å². The summed E-state index contributed by atoms with van der Waals surface area (Å²) in [7, 11) is 1.03. The van der Waals surface area contributed by atoms with Crippen LogP contribution in [0, 0.1) is 10.1 Å². The summed E-state index contributed by atoms with van der Waals surface area (Å²) in [4.78, 5) is 23.8. The number of hydrogen-bond acceptors (Lipinski definition) is 6. The molecule has 0 aliphatic heterocycles. The molecular formula is C9H8F2N2O5. The van der Waals surface area contributed by atoms with E-state index < -0.39 is 46.4 Å². The maximum atomic E-state index is 12.5. The lowest BCUT2D eigenvalue weighted by Crippen LogP contribution is -2.09. The third kappa shape index (κ3) is 2.67. The number of pyridine rings is 1. The largest absolute Gasteiger partial charge is 0.505 e. The number of hydrogen-bond donors (Lipinski definition) is 1. The molecule has 0 aromatic carbocycles. The van der Waals surface area contributed by atoms with Gasteiger partial charge in [0.1, 0.15) is 11.9 Å². The molecule has 7 nitrogen and oxygen atoms in total. The summed E-state index contributed by atoms with van der Waals surface area (Å²) in [6, 6.07) is 0. The molecule has 1 N–H and O–H groups in total. The smallest absolute Gasteiger partial charge is 0.310 e. The van der Waals surface area contributed by atoms with Gasteiger partial charge in [0, 0.05) is 0 Å². The summed E-state index contributed by atoms with van der Waals surface area (Å²) in [5.41, 5.74) is -2.28. The standard InChI is InChI=1S/C9H8F2N2O5/c1-18-6(14)2-4-5(13(16)17)3-12-7(8(4)15)9(10)11/h3,9,15H,2H2,1H3. The Hall–Kier alpha value is -2.32. The van der Waals surface area contributed by atoms with E-state index in [1.54, 1.807) is 0 Å². The van der Waals surface area contributed by atoms with Gasteiger partial charge in [-0.05, 0) is 0 Å². The van der Waals surface area contributed by atoms with Crippen LogP contribution in [-0.2, 0) is 16.0 Å². The number of carbonyl (C=O) groups excluding carboxylic acids is 1. The number of nitrogens with zero attached hydrogens (tertiary/aromatic N) is 2. The van der Waals surface area contributed by atoms with E-state index >= 15 is 0 Å². The fraction of sp³-hybridized carbons (Fsp3) is 0.333. The minimum absolute atomic E-state index is 0.544. The summed E-state index contributed by atoms with van der Waals surface area (Å²) < 4.78 is 29.2. The number of ether oxygens (including phenoxy) is 1. The second-order valence-electron chi connectivity index (χ2n) is 3.17. The van der Waals surface area contributed by atoms with Crippen molar-refractivity contribution in [1.82, 2.24) is 4.98 Å². The van der Waals surface area contributed by atoms with Crippen molar-refractivity contribution in [2.24, 2.45) is 0 Å². The molecule has 0 amide bonds. The van der Waals surface area contributed by atoms with E-state index in [0.717, 1.165) is 7.11 Å². The predicted molar refractivity (Wildman–Crippen MR) is 53.2 cm³/mol. The number of aromatic nitrogens is 1. The summed E-state index contributed by atoms with van der Waals surface area (Å²) in [6.07, 6.45) is -3.23. The highest BCUT2D eigenvalue weighted by Gasteiger charge is 2.27. The summed E-state index contributed by atoms with van der Waals surface area (Å²) >= 11 is 0. The Morgan fingerprint density at radius 2 is 2.28 bits per heavy atom. The molecule has 0 fully saturated rings. The average molecular weight is 262 g/mol. The Morgan fingerprint density at radius 3 is 2.72 bits per heavy atom. The molecule has 0 saturated carbocycles. The van der Waals surface area contributed by atoms with Crippen molar-refractivity contribution in [3.8, 4) is 5.75 Å². The van der Waals surface area contributed by atoms with Crippen molar-refractivity contribution in [3.63, 3.8) is 0 Å². The van der Waals surface area contributed by atoms with E-state index in [4.69, 9.17) is 0 Å². The van der Waals surface area contributed by atoms with Crippen LogP contribution in [0.5, 0.6) is 5.75 Å². The second kappa shape index (κ2) is 5.34. The summed E-state index contributed by atoms with van der Waals surface area (Å²) in [5.74, 6) is -1.97. The fourth-order valence-corrected chi connectivity index (χ4v) is 1.25. The van der Waals surface area contributed by atoms with Crippen LogP contribution < -0.4 is 0 Å². The van der Waals surface area contributed by atoms with E-state index in [2.05, 4.69) is 9.72 Å². The molecule has 0 aliphatic carbocycles. The molecule has 0 bridgehead atoms. The fourth-order valence-electron chi connectivity index (χ4n) is 1.25. The number of halogens is 2. The van der Waals surface area contributed by atoms with Crippen molar-refractivity contribution >= 4 is 11.7 Å². The van der Waals surface area contributed by atoms with Crippen molar-refractivity contribution in [2.75, 3.05) is 7.11 Å². The van der Waals surface area contributed by atoms with Crippen LogP contribution in [0.15, 0.2) is 6.20 Å². The molecule has 1 rings (SSSR count). The van der Waals surface area contributed by atoms with Crippen molar-refractivity contribution in [3.05, 3.63) is 27.6 Å². The lowest BCUT2D eigenvalue weighted by atomic mass is 10.1. The molecule has 0 saturated heterocycles. The van der Waals surface area contributed by atoms with Crippen molar-refractivity contribution in [1.29, 1.82) is 0 Å². The number of alkyl halides is 2. The molecule has 0 aliphatic rings. The number of rotatable bonds is 4. The maximum Gasteiger partial charge on any atom is 0.310 e. The number of esters is 1. The Labute approximate surface area is 99.2 Å². The van der Waals surface area contributed by atoms with E-state index in [9.17, 15) is 28.8 Å². The second-order valence-corrected chi connectivity index (χ2v) is 3.17. The van der Waals surface area contributed by atoms with E-state index in [1.807, 2.05) is 0 Å². The van der Waals surface area contributed by atoms with Gasteiger partial charge in [0.05, 0.1) is 24.0 Å². The number of nitro groups is 1. The first-order valence-electron chi connectivity index (χ1n) is 4.58. The molecule has 1 aromatic heterocycles. The number of aromatic hydroxyl groups is 1. The summed E-state index contributed by atoms with van der Waals surface area (Å²) in [5, 5.41) is 20.1. The first-order valence-corrected chi connectivity index (χ1v) is 4.58. The zero-order valence-electron chi connectivity index (χ0n) is 9.09. The molecule has 1 heterocycles. The van der Waals surface area contributed by atoms with Gasteiger partial charge in [0.2, 0.25) is 0 Å². The molecule has 0 atom stereocenters. The van der Waals surface area contributed by atoms with Crippen LogP contribution in [0.4, 0.5) is 14.5 Å². The third-order valence-corrected chi connectivity index (χ3v) is 2.12. The minimum atomic E-state index is -3.11. The normalized spacial score (nSPS) is 10.4. The van der Waals surface area contributed by atoms with E-state index in [1.165, 1.54) is 0 Å². The maximum absolute atomic E-state index is 12.5. The lowest BCUT2D eigenvalue weighted by molar-refractivity contribution is -0.386. The Balaban J connectivity index is 3.35. The monoisotopic (exact) mass is 262 g/mol. The van der Waals surface area contributed by atoms with Crippen LogP contribution in [0.1, 0.15) is 17.7 Å². The Bertz CT molecular complexity index is 492. The van der Waals surface area contributed by atoms with E-state index in [-0.39, 0.29) is 0 Å². The average Bonchev–Trinajstić information content (AvgIpc) is 2.30. The molecular weight excluding hydrogens is 254 g/mol. The van der Waals surface area contributed by atoms with Gasteiger partial charge in [-0.2, -0.15) is 0 Å². The molecule has 0 unspecified atom stereocenters. The van der Waals surface area contributed by atoms with Gasteiger partial charge in [-0.15, -0.1) is 0 Å². The highest BCUT2D eigenvalue weighted by Crippen LogP contribution is 2.34. The zero-order chi connectivity index (χ0) is 13.9. The molecule has 98 valence electrons. The van der Waals surface area contributed by atoms with Crippen LogP contribution >= 0.6 is 0 Å². The SMILES string of the molecule is COC(=O)Cc1c([N+](=O)[O-])cnc(C(F)F)c1O. The lowest BCUT2D eigenvalue weighted by Gasteiger charge is -2.08. The van der Waals surface area contributed by atoms with Gasteiger partial charge in [-0.25, -0.2) is 13.8 Å². The Morgan fingerprint density at radius 1 is 1.67 bits per heavy atom. The molecule has 9 heteroatoms. The van der Waals surface area contributed by atoms with Crippen molar-refractivity contribution < 1.29 is 28.3 Å². The highest BCUT2D eigenvalue weighted by atomic mass is 19.3. The van der Waals surface area contributed by atoms with Crippen LogP contribution in [0.2, 0.25) is 0 Å². The van der Waals surface area contributed by atoms with Gasteiger partial charge in [0.25, 0.3) is 12.1 Å². The van der Waals surface area contributed by atoms with Crippen molar-refractivity contribution in [2.45, 2.75) is 12.8 Å². The van der Waals surface area contributed by atoms with Gasteiger partial charge in [-0.3, -0.25) is 14.9 Å². The number of methoxy groups -OCH3 is 1. The van der Waals surface area contributed by atoms with Crippen LogP contribution in [0.3, 0.4) is 0 Å². The van der Waals surface area contributed by atoms with Crippen LogP contribution in [0.25, 0.3) is 0 Å². The first-order chi connectivity index (χ1) is 8.38. The molecule has 18 heavy (non-hydrogen) atoms. The highest BCUT2D eigenvalue weighted by molar-refractivity contribution is 5.75. The first kappa shape index (κ1) is 13.7. The third-order valence-electron chi connectivity index (χ3n) is 2.12. The zero-order valence-corrected chi connectivity index (χ0v) is 9.09. The topological polar surface area (TPSA) is 103 Å². The molecule has 0 spiro atoms. The van der Waals surface area contributed by atoms with Crippen LogP contribution in [-0.4, -0.2) is 28.1 Å². The van der Waals surface area contributed by atoms with E-state index in [0.29, 0.717) is 6.20 Å². The van der Waals surface area contributed by atoms with Gasteiger partial charge in [-0.1, -0.05) is 0 Å². The Kier molecular flexibility index (Phi) is 4.08.